The zero-order valence-corrected chi connectivity index (χ0v) is 12.9. The Hall–Kier alpha value is -2.15. The van der Waals surface area contributed by atoms with E-state index in [0.717, 1.165) is 16.5 Å². The third-order valence-electron chi connectivity index (χ3n) is 3.01. The lowest BCUT2D eigenvalue weighted by Gasteiger charge is -2.03. The van der Waals surface area contributed by atoms with Gasteiger partial charge in [0.25, 0.3) is 0 Å². The smallest absolute Gasteiger partial charge is 0.237 e. The number of thioether (sulfide) groups is 1. The molecule has 0 unspecified atom stereocenters. The number of benzene rings is 1. The van der Waals surface area contributed by atoms with Crippen LogP contribution in [0.5, 0.6) is 0 Å². The van der Waals surface area contributed by atoms with E-state index in [1.165, 1.54) is 17.3 Å². The van der Waals surface area contributed by atoms with Gasteiger partial charge in [0, 0.05) is 12.6 Å². The summed E-state index contributed by atoms with van der Waals surface area (Å²) in [5.41, 5.74) is 2.26. The summed E-state index contributed by atoms with van der Waals surface area (Å²) < 4.78 is 7.07. The van der Waals surface area contributed by atoms with Crippen LogP contribution in [0.1, 0.15) is 17.3 Å². The molecule has 0 atom stereocenters. The van der Waals surface area contributed by atoms with Gasteiger partial charge in [0.2, 0.25) is 5.89 Å². The molecule has 2 aromatic heterocycles. The van der Waals surface area contributed by atoms with Gasteiger partial charge in [-0.1, -0.05) is 40.7 Å². The largest absolute Gasteiger partial charge is 0.338 e. The van der Waals surface area contributed by atoms with E-state index in [-0.39, 0.29) is 0 Å². The zero-order valence-electron chi connectivity index (χ0n) is 12.1. The SMILES string of the molecule is Cc1cccc(-c2nnc(SCc3nc(C)no3)n2C)c1. The summed E-state index contributed by atoms with van der Waals surface area (Å²) in [5, 5.41) is 13.1. The second kappa shape index (κ2) is 5.69. The van der Waals surface area contributed by atoms with Crippen LogP contribution < -0.4 is 0 Å². The molecule has 0 amide bonds. The Kier molecular flexibility index (Phi) is 3.74. The topological polar surface area (TPSA) is 69.6 Å². The number of hydrogen-bond acceptors (Lipinski definition) is 6. The Morgan fingerprint density at radius 2 is 2.10 bits per heavy atom. The number of aromatic nitrogens is 5. The van der Waals surface area contributed by atoms with Crippen LogP contribution in [0.2, 0.25) is 0 Å². The second-order valence-electron chi connectivity index (χ2n) is 4.76. The Bertz CT molecular complexity index is 764. The number of aryl methyl sites for hydroxylation is 2. The molecule has 0 radical (unpaired) electrons. The quantitative estimate of drug-likeness (QED) is 0.690. The molecule has 1 aromatic carbocycles. The van der Waals surface area contributed by atoms with E-state index in [2.05, 4.69) is 39.4 Å². The van der Waals surface area contributed by atoms with Crippen LogP contribution in [0.15, 0.2) is 33.9 Å². The predicted molar refractivity (Wildman–Crippen MR) is 79.8 cm³/mol. The normalized spacial score (nSPS) is 11.0. The first-order valence-corrected chi connectivity index (χ1v) is 7.50. The fraction of sp³-hybridized carbons (Fsp3) is 0.286. The van der Waals surface area contributed by atoms with Gasteiger partial charge >= 0.3 is 0 Å². The summed E-state index contributed by atoms with van der Waals surface area (Å²) in [6.45, 7) is 3.86. The zero-order chi connectivity index (χ0) is 14.8. The summed E-state index contributed by atoms with van der Waals surface area (Å²) in [5.74, 6) is 2.67. The Balaban J connectivity index is 1.79. The Morgan fingerprint density at radius 3 is 2.81 bits per heavy atom. The molecule has 0 spiro atoms. The van der Waals surface area contributed by atoms with E-state index >= 15 is 0 Å². The Labute approximate surface area is 126 Å². The van der Waals surface area contributed by atoms with Gasteiger partial charge in [-0.15, -0.1) is 10.2 Å². The highest BCUT2D eigenvalue weighted by atomic mass is 32.2. The fourth-order valence-electron chi connectivity index (χ4n) is 2.00. The van der Waals surface area contributed by atoms with E-state index in [1.807, 2.05) is 23.7 Å². The van der Waals surface area contributed by atoms with Gasteiger partial charge in [-0.25, -0.2) is 0 Å². The van der Waals surface area contributed by atoms with Crippen molar-refractivity contribution in [1.82, 2.24) is 24.9 Å². The minimum Gasteiger partial charge on any atom is -0.338 e. The average Bonchev–Trinajstić information content (AvgIpc) is 3.03. The molecule has 6 nitrogen and oxygen atoms in total. The van der Waals surface area contributed by atoms with E-state index in [9.17, 15) is 0 Å². The van der Waals surface area contributed by atoms with Crippen molar-refractivity contribution in [1.29, 1.82) is 0 Å². The van der Waals surface area contributed by atoms with Gasteiger partial charge in [0.05, 0.1) is 5.75 Å². The first-order chi connectivity index (χ1) is 10.1. The van der Waals surface area contributed by atoms with Crippen molar-refractivity contribution in [2.75, 3.05) is 0 Å². The molecular weight excluding hydrogens is 286 g/mol. The molecule has 0 aliphatic heterocycles. The molecule has 0 N–H and O–H groups in total. The van der Waals surface area contributed by atoms with Crippen molar-refractivity contribution < 1.29 is 4.52 Å². The van der Waals surface area contributed by atoms with Crippen molar-refractivity contribution in [2.45, 2.75) is 24.8 Å². The molecule has 21 heavy (non-hydrogen) atoms. The molecule has 0 aliphatic rings. The lowest BCUT2D eigenvalue weighted by Crippen LogP contribution is -1.95. The average molecular weight is 301 g/mol. The highest BCUT2D eigenvalue weighted by Crippen LogP contribution is 2.25. The van der Waals surface area contributed by atoms with Crippen molar-refractivity contribution in [2.24, 2.45) is 7.05 Å². The van der Waals surface area contributed by atoms with E-state index in [0.29, 0.717) is 17.5 Å². The third-order valence-corrected chi connectivity index (χ3v) is 4.01. The van der Waals surface area contributed by atoms with Crippen LogP contribution in [-0.4, -0.2) is 24.9 Å². The van der Waals surface area contributed by atoms with Crippen LogP contribution in [0.3, 0.4) is 0 Å². The lowest BCUT2D eigenvalue weighted by molar-refractivity contribution is 0.387. The van der Waals surface area contributed by atoms with Gasteiger partial charge < -0.3 is 9.09 Å². The van der Waals surface area contributed by atoms with E-state index in [1.54, 1.807) is 6.92 Å². The van der Waals surface area contributed by atoms with E-state index < -0.39 is 0 Å². The summed E-state index contributed by atoms with van der Waals surface area (Å²) in [6.07, 6.45) is 0. The first kappa shape index (κ1) is 13.8. The Morgan fingerprint density at radius 1 is 1.24 bits per heavy atom. The highest BCUT2D eigenvalue weighted by molar-refractivity contribution is 7.98. The molecule has 3 aromatic rings. The minimum atomic E-state index is 0.584. The summed E-state index contributed by atoms with van der Waals surface area (Å²) >= 11 is 1.53. The number of rotatable bonds is 4. The number of nitrogens with zero attached hydrogens (tertiary/aromatic N) is 5. The van der Waals surface area contributed by atoms with Gasteiger partial charge in [-0.3, -0.25) is 0 Å². The molecule has 7 heteroatoms. The molecule has 2 heterocycles. The molecule has 0 saturated carbocycles. The lowest BCUT2D eigenvalue weighted by atomic mass is 10.1. The van der Waals surface area contributed by atoms with Crippen LogP contribution in [-0.2, 0) is 12.8 Å². The van der Waals surface area contributed by atoms with Crippen LogP contribution in [0, 0.1) is 13.8 Å². The van der Waals surface area contributed by atoms with E-state index in [4.69, 9.17) is 4.52 Å². The standard InChI is InChI=1S/C14H15N5OS/c1-9-5-4-6-11(7-9)13-16-17-14(19(13)3)21-8-12-15-10(2)18-20-12/h4-7H,8H2,1-3H3. The maximum absolute atomic E-state index is 5.09. The van der Waals surface area contributed by atoms with Crippen molar-refractivity contribution in [3.63, 3.8) is 0 Å². The predicted octanol–water partition coefficient (Wildman–Crippen LogP) is 2.77. The highest BCUT2D eigenvalue weighted by Gasteiger charge is 2.13. The van der Waals surface area contributed by atoms with Crippen molar-refractivity contribution in [3.05, 3.63) is 41.5 Å². The molecule has 3 rings (SSSR count). The molecule has 0 saturated heterocycles. The summed E-state index contributed by atoms with van der Waals surface area (Å²) in [7, 11) is 1.96. The summed E-state index contributed by atoms with van der Waals surface area (Å²) in [4.78, 5) is 4.18. The minimum absolute atomic E-state index is 0.584. The van der Waals surface area contributed by atoms with Crippen molar-refractivity contribution >= 4 is 11.8 Å². The molecule has 0 aliphatic carbocycles. The fourth-order valence-corrected chi connectivity index (χ4v) is 2.75. The molecule has 0 bridgehead atoms. The maximum atomic E-state index is 5.09. The van der Waals surface area contributed by atoms with Crippen LogP contribution >= 0.6 is 11.8 Å². The van der Waals surface area contributed by atoms with Gasteiger partial charge in [0.1, 0.15) is 0 Å². The second-order valence-corrected chi connectivity index (χ2v) is 5.70. The third kappa shape index (κ3) is 2.97. The van der Waals surface area contributed by atoms with Crippen molar-refractivity contribution in [3.8, 4) is 11.4 Å². The first-order valence-electron chi connectivity index (χ1n) is 6.52. The molecule has 0 fully saturated rings. The monoisotopic (exact) mass is 301 g/mol. The number of hydrogen-bond donors (Lipinski definition) is 0. The van der Waals surface area contributed by atoms with Gasteiger partial charge in [-0.05, 0) is 19.9 Å². The van der Waals surface area contributed by atoms with Crippen LogP contribution in [0.4, 0.5) is 0 Å². The molecular formula is C14H15N5OS. The van der Waals surface area contributed by atoms with Gasteiger partial charge in [-0.2, -0.15) is 4.98 Å². The van der Waals surface area contributed by atoms with Crippen LogP contribution in [0.25, 0.3) is 11.4 Å². The van der Waals surface area contributed by atoms with Gasteiger partial charge in [0.15, 0.2) is 16.8 Å². The molecule has 108 valence electrons. The summed E-state index contributed by atoms with van der Waals surface area (Å²) in [6, 6.07) is 8.22. The maximum Gasteiger partial charge on any atom is 0.237 e.